The molecule has 1 N–H and O–H groups in total. The van der Waals surface area contributed by atoms with E-state index in [1.54, 1.807) is 13.2 Å². The molecule has 1 heterocycles. The van der Waals surface area contributed by atoms with Gasteiger partial charge in [0, 0.05) is 79.6 Å². The van der Waals surface area contributed by atoms with Crippen LogP contribution in [0.2, 0.25) is 0 Å². The Kier molecular flexibility index (Phi) is 9.93. The van der Waals surface area contributed by atoms with Crippen molar-refractivity contribution in [3.63, 3.8) is 0 Å². The summed E-state index contributed by atoms with van der Waals surface area (Å²) in [5, 5.41) is 13.4. The number of anilines is 2. The van der Waals surface area contributed by atoms with Crippen LogP contribution in [0.4, 0.5) is 11.4 Å². The van der Waals surface area contributed by atoms with E-state index < -0.39 is 0 Å². The number of hydrogen-bond acceptors (Lipinski definition) is 7. The van der Waals surface area contributed by atoms with Gasteiger partial charge in [-0.1, -0.05) is 0 Å². The maximum atomic E-state index is 11.6. The first-order valence-electron chi connectivity index (χ1n) is 13.1. The minimum Gasteiger partial charge on any atom is -1.00 e. The molecule has 214 valence electrons. The average molecular weight is 568 g/mol. The Bertz CT molecular complexity index is 1540. The van der Waals surface area contributed by atoms with E-state index in [0.717, 1.165) is 44.6 Å². The lowest BCUT2D eigenvalue weighted by molar-refractivity contribution is -0.140. The van der Waals surface area contributed by atoms with Gasteiger partial charge >= 0.3 is 5.97 Å². The molecule has 1 aliphatic carbocycles. The molecule has 0 aromatic heterocycles. The third-order valence-corrected chi connectivity index (χ3v) is 7.05. The van der Waals surface area contributed by atoms with Crippen molar-refractivity contribution in [3.8, 4) is 33.9 Å². The smallest absolute Gasteiger partial charge is 0.305 e. The number of ether oxygens (including phenoxy) is 2. The summed E-state index contributed by atoms with van der Waals surface area (Å²) in [4.78, 5) is 15.7. The van der Waals surface area contributed by atoms with Crippen LogP contribution in [0.15, 0.2) is 52.9 Å². The Labute approximate surface area is 241 Å². The summed E-state index contributed by atoms with van der Waals surface area (Å²) in [6.45, 7) is 3.34. The average Bonchev–Trinajstić information content (AvgIpc) is 2.93. The van der Waals surface area contributed by atoms with E-state index in [1.807, 2.05) is 87.1 Å². The monoisotopic (exact) mass is 567 g/mol. The number of rotatable bonds is 9. The minimum absolute atomic E-state index is 0. The highest BCUT2D eigenvalue weighted by atomic mass is 35.5. The zero-order valence-corrected chi connectivity index (χ0v) is 25.0. The fourth-order valence-corrected chi connectivity index (χ4v) is 4.85. The second-order valence-electron chi connectivity index (χ2n) is 9.93. The number of phenols is 1. The van der Waals surface area contributed by atoms with Gasteiger partial charge in [-0.15, -0.1) is 0 Å². The standard InChI is InChI=1S/C31H37N3O5.ClH/c1-8-34(15-9-10-30(36)38-7)25-19-26(35)24(18-29(25)37-6)31-22-13-11-20(32(2)3)16-27(22)39-28-17-21(33(4)5)12-14-23(28)31;/h11-14,16-19H,8-10,15H2,1-7H3;1H. The first kappa shape index (κ1) is 30.6. The second-order valence-corrected chi connectivity index (χ2v) is 9.93. The summed E-state index contributed by atoms with van der Waals surface area (Å²) in [7, 11) is 11.0. The predicted octanol–water partition coefficient (Wildman–Crippen LogP) is 1.80. The Hall–Kier alpha value is -3.91. The molecule has 0 amide bonds. The number of fused-ring (bicyclic) bond motifs is 2. The molecular weight excluding hydrogens is 530 g/mol. The number of halogens is 1. The van der Waals surface area contributed by atoms with Crippen LogP contribution in [0, 0.1) is 0 Å². The van der Waals surface area contributed by atoms with E-state index >= 15 is 0 Å². The fourth-order valence-electron chi connectivity index (χ4n) is 4.85. The van der Waals surface area contributed by atoms with E-state index in [-0.39, 0.29) is 24.1 Å². The van der Waals surface area contributed by atoms with E-state index in [0.29, 0.717) is 37.2 Å². The van der Waals surface area contributed by atoms with Crippen molar-refractivity contribution < 1.29 is 36.2 Å². The molecule has 0 fully saturated rings. The molecule has 0 saturated heterocycles. The van der Waals surface area contributed by atoms with Gasteiger partial charge < -0.3 is 41.2 Å². The molecule has 40 heavy (non-hydrogen) atoms. The molecule has 4 rings (SSSR count). The number of carbonyl (C=O) groups excluding carboxylic acids is 1. The number of carbonyl (C=O) groups is 1. The van der Waals surface area contributed by atoms with Crippen molar-refractivity contribution >= 4 is 28.3 Å². The summed E-state index contributed by atoms with van der Waals surface area (Å²) in [6.07, 6.45) is 0.957. The lowest BCUT2D eigenvalue weighted by atomic mass is 9.92. The van der Waals surface area contributed by atoms with Gasteiger partial charge in [-0.2, -0.15) is 0 Å². The molecule has 0 bridgehead atoms. The summed E-state index contributed by atoms with van der Waals surface area (Å²) in [6, 6.07) is 15.8. The van der Waals surface area contributed by atoms with Crippen LogP contribution in [-0.4, -0.2) is 66.6 Å². The van der Waals surface area contributed by atoms with Crippen molar-refractivity contribution in [2.45, 2.75) is 19.8 Å². The third-order valence-electron chi connectivity index (χ3n) is 7.05. The van der Waals surface area contributed by atoms with Gasteiger partial charge in [0.25, 0.3) is 0 Å². The maximum Gasteiger partial charge on any atom is 0.305 e. The first-order valence-corrected chi connectivity index (χ1v) is 13.1. The highest BCUT2D eigenvalue weighted by Crippen LogP contribution is 2.47. The largest absolute Gasteiger partial charge is 1.00 e. The normalized spacial score (nSPS) is 10.8. The molecular formula is C31H38ClN3O5. The Morgan fingerprint density at radius 1 is 1.02 bits per heavy atom. The maximum absolute atomic E-state index is 11.6. The summed E-state index contributed by atoms with van der Waals surface area (Å²) < 4.78 is 19.1. The van der Waals surface area contributed by atoms with E-state index in [9.17, 15) is 9.90 Å². The summed E-state index contributed by atoms with van der Waals surface area (Å²) in [5.74, 6) is 1.26. The Balaban J connectivity index is 0.00000441. The number of aromatic hydroxyl groups is 1. The molecule has 2 aromatic rings. The number of esters is 1. The predicted molar refractivity (Wildman–Crippen MR) is 157 cm³/mol. The highest BCUT2D eigenvalue weighted by molar-refractivity contribution is 6.04. The molecule has 0 radical (unpaired) electrons. The molecule has 9 heteroatoms. The number of nitrogens with zero attached hydrogens (tertiary/aromatic N) is 3. The lowest BCUT2D eigenvalue weighted by Gasteiger charge is -2.26. The van der Waals surface area contributed by atoms with E-state index in [2.05, 4.69) is 4.90 Å². The molecule has 2 aliphatic rings. The number of phenolic OH excluding ortho intramolecular Hbond substituents is 1. The van der Waals surface area contributed by atoms with Gasteiger partial charge in [-0.3, -0.25) is 4.79 Å². The van der Waals surface area contributed by atoms with Crippen molar-refractivity contribution in [1.29, 1.82) is 0 Å². The van der Waals surface area contributed by atoms with Crippen molar-refractivity contribution in [1.82, 2.24) is 4.58 Å². The van der Waals surface area contributed by atoms with Crippen LogP contribution in [0.1, 0.15) is 19.8 Å². The quantitative estimate of drug-likeness (QED) is 0.188. The van der Waals surface area contributed by atoms with Crippen LogP contribution in [-0.2, 0) is 9.53 Å². The van der Waals surface area contributed by atoms with Crippen molar-refractivity contribution in [2.24, 2.45) is 0 Å². The van der Waals surface area contributed by atoms with Crippen LogP contribution in [0.25, 0.3) is 33.4 Å². The number of methoxy groups -OCH3 is 2. The van der Waals surface area contributed by atoms with Gasteiger partial charge in [-0.05, 0) is 37.6 Å². The molecule has 8 nitrogen and oxygen atoms in total. The van der Waals surface area contributed by atoms with Crippen LogP contribution in [0.5, 0.6) is 11.5 Å². The SMILES string of the molecule is CCN(CCCC(=O)OC)c1cc(O)c(-c2c3ccc(=[N+](C)C)cc-3oc3cc(N(C)C)ccc23)cc1OC.[Cl-]. The van der Waals surface area contributed by atoms with E-state index in [4.69, 9.17) is 13.9 Å². The zero-order chi connectivity index (χ0) is 28.3. The molecule has 0 unspecified atom stereocenters. The minimum atomic E-state index is -0.237. The Morgan fingerprint density at radius 2 is 1.77 bits per heavy atom. The summed E-state index contributed by atoms with van der Waals surface area (Å²) >= 11 is 0. The molecule has 0 saturated carbocycles. The second kappa shape index (κ2) is 13.0. The highest BCUT2D eigenvalue weighted by Gasteiger charge is 2.23. The number of benzene rings is 3. The lowest BCUT2D eigenvalue weighted by Crippen LogP contribution is -3.00. The first-order chi connectivity index (χ1) is 18.7. The van der Waals surface area contributed by atoms with Crippen LogP contribution in [0.3, 0.4) is 0 Å². The van der Waals surface area contributed by atoms with Gasteiger partial charge in [0.1, 0.15) is 36.9 Å². The number of hydrogen-bond donors (Lipinski definition) is 1. The topological polar surface area (TPSA) is 78.4 Å². The van der Waals surface area contributed by atoms with Gasteiger partial charge in [-0.25, -0.2) is 4.58 Å². The van der Waals surface area contributed by atoms with Crippen molar-refractivity contribution in [2.75, 3.05) is 65.3 Å². The van der Waals surface area contributed by atoms with Crippen molar-refractivity contribution in [3.05, 3.63) is 53.9 Å². The van der Waals surface area contributed by atoms with Crippen LogP contribution >= 0.6 is 0 Å². The van der Waals surface area contributed by atoms with E-state index in [1.165, 1.54) is 7.11 Å². The molecule has 2 aromatic carbocycles. The van der Waals surface area contributed by atoms with Gasteiger partial charge in [0.05, 0.1) is 26.0 Å². The fraction of sp³-hybridized carbons (Fsp3) is 0.355. The van der Waals surface area contributed by atoms with Gasteiger partial charge in [0.15, 0.2) is 0 Å². The zero-order valence-electron chi connectivity index (χ0n) is 24.2. The third kappa shape index (κ3) is 6.12. The summed E-state index contributed by atoms with van der Waals surface area (Å²) in [5.41, 5.74) is 4.93. The molecule has 1 aliphatic heterocycles. The van der Waals surface area contributed by atoms with Gasteiger partial charge in [0.2, 0.25) is 5.36 Å². The van der Waals surface area contributed by atoms with Crippen LogP contribution < -0.4 is 36.9 Å². The molecule has 0 atom stereocenters. The Morgan fingerprint density at radius 3 is 2.40 bits per heavy atom. The molecule has 0 spiro atoms.